The molecule has 1 heterocycles. The number of β-amino-alcohol motifs (C(OH)–C–C–N with tert-alkyl or cyclic N) is 1. The molecular formula is C14H22ClN3O3S. The minimum atomic E-state index is -3.35. The quantitative estimate of drug-likeness (QED) is 0.855. The third-order valence-corrected chi connectivity index (χ3v) is 6.10. The first-order chi connectivity index (χ1) is 10.3. The second kappa shape index (κ2) is 7.25. The van der Waals surface area contributed by atoms with Crippen LogP contribution in [0.4, 0.5) is 0 Å². The summed E-state index contributed by atoms with van der Waals surface area (Å²) in [6, 6.07) is 7.22. The standard InChI is InChI=1S/C14H22ClN3O3S/c1-16(2)22(20,21)18-9-7-17(8-10-18)11-14(19)12-5-3-4-6-13(12)15/h3-6,14,19H,7-11H2,1-2H3. The Balaban J connectivity index is 1.92. The van der Waals surface area contributed by atoms with E-state index in [-0.39, 0.29) is 0 Å². The highest BCUT2D eigenvalue weighted by Crippen LogP contribution is 2.23. The van der Waals surface area contributed by atoms with Crippen molar-refractivity contribution < 1.29 is 13.5 Å². The van der Waals surface area contributed by atoms with Gasteiger partial charge in [-0.1, -0.05) is 29.8 Å². The lowest BCUT2D eigenvalue weighted by Crippen LogP contribution is -2.52. The van der Waals surface area contributed by atoms with Crippen LogP contribution in [0.1, 0.15) is 11.7 Å². The minimum absolute atomic E-state index is 0.426. The molecule has 2 rings (SSSR count). The molecule has 1 aliphatic rings. The van der Waals surface area contributed by atoms with Crippen LogP contribution in [0.2, 0.25) is 5.02 Å². The number of hydrogen-bond acceptors (Lipinski definition) is 4. The van der Waals surface area contributed by atoms with Crippen molar-refractivity contribution in [3.8, 4) is 0 Å². The molecule has 1 aliphatic heterocycles. The molecule has 1 atom stereocenters. The Kier molecular flexibility index (Phi) is 5.81. The largest absolute Gasteiger partial charge is 0.387 e. The summed E-state index contributed by atoms with van der Waals surface area (Å²) >= 11 is 6.08. The second-order valence-corrected chi connectivity index (χ2v) is 8.08. The van der Waals surface area contributed by atoms with Crippen LogP contribution in [0.25, 0.3) is 0 Å². The fourth-order valence-electron chi connectivity index (χ4n) is 2.46. The SMILES string of the molecule is CN(C)S(=O)(=O)N1CCN(CC(O)c2ccccc2Cl)CC1. The van der Waals surface area contributed by atoms with Gasteiger partial charge in [0.05, 0.1) is 6.10 Å². The predicted octanol–water partition coefficient (Wildman–Crippen LogP) is 0.797. The van der Waals surface area contributed by atoms with E-state index in [1.807, 2.05) is 12.1 Å². The highest BCUT2D eigenvalue weighted by atomic mass is 35.5. The minimum Gasteiger partial charge on any atom is -0.387 e. The van der Waals surface area contributed by atoms with Crippen LogP contribution in [0, 0.1) is 0 Å². The van der Waals surface area contributed by atoms with Gasteiger partial charge in [0.15, 0.2) is 0 Å². The lowest BCUT2D eigenvalue weighted by atomic mass is 10.1. The smallest absolute Gasteiger partial charge is 0.281 e. The molecule has 1 aromatic carbocycles. The molecule has 8 heteroatoms. The predicted molar refractivity (Wildman–Crippen MR) is 87.0 cm³/mol. The Hall–Kier alpha value is -0.700. The molecule has 0 spiro atoms. The van der Waals surface area contributed by atoms with Gasteiger partial charge in [0.2, 0.25) is 0 Å². The summed E-state index contributed by atoms with van der Waals surface area (Å²) in [6.45, 7) is 2.48. The monoisotopic (exact) mass is 347 g/mol. The van der Waals surface area contributed by atoms with Crippen LogP contribution >= 0.6 is 11.6 Å². The average Bonchev–Trinajstić information content (AvgIpc) is 2.48. The van der Waals surface area contributed by atoms with Crippen LogP contribution in [-0.2, 0) is 10.2 Å². The van der Waals surface area contributed by atoms with Gasteiger partial charge < -0.3 is 5.11 Å². The molecule has 1 unspecified atom stereocenters. The number of aliphatic hydroxyl groups is 1. The van der Waals surface area contributed by atoms with E-state index < -0.39 is 16.3 Å². The summed E-state index contributed by atoms with van der Waals surface area (Å²) in [4.78, 5) is 2.05. The highest BCUT2D eigenvalue weighted by Gasteiger charge is 2.29. The maximum Gasteiger partial charge on any atom is 0.281 e. The Bertz CT molecular complexity index is 601. The molecule has 0 aromatic heterocycles. The van der Waals surface area contributed by atoms with Crippen molar-refractivity contribution in [2.24, 2.45) is 0 Å². The van der Waals surface area contributed by atoms with Gasteiger partial charge in [0.1, 0.15) is 0 Å². The lowest BCUT2D eigenvalue weighted by molar-refractivity contribution is 0.0912. The molecule has 0 aliphatic carbocycles. The van der Waals surface area contributed by atoms with E-state index in [0.717, 1.165) is 0 Å². The van der Waals surface area contributed by atoms with Crippen LogP contribution in [0.3, 0.4) is 0 Å². The van der Waals surface area contributed by atoms with E-state index >= 15 is 0 Å². The zero-order chi connectivity index (χ0) is 16.3. The first-order valence-corrected chi connectivity index (χ1v) is 8.92. The molecule has 22 heavy (non-hydrogen) atoms. The number of hydrogen-bond donors (Lipinski definition) is 1. The lowest BCUT2D eigenvalue weighted by Gasteiger charge is -2.36. The zero-order valence-electron chi connectivity index (χ0n) is 12.8. The number of piperazine rings is 1. The molecule has 0 radical (unpaired) electrons. The van der Waals surface area contributed by atoms with Crippen LogP contribution in [-0.4, -0.2) is 73.9 Å². The van der Waals surface area contributed by atoms with Crippen molar-refractivity contribution in [2.45, 2.75) is 6.10 Å². The Labute approximate surface area is 137 Å². The van der Waals surface area contributed by atoms with Crippen molar-refractivity contribution in [3.05, 3.63) is 34.9 Å². The number of aliphatic hydroxyl groups excluding tert-OH is 1. The van der Waals surface area contributed by atoms with E-state index in [2.05, 4.69) is 4.90 Å². The van der Waals surface area contributed by atoms with E-state index in [1.165, 1.54) is 22.7 Å². The molecule has 1 N–H and O–H groups in total. The molecule has 124 valence electrons. The van der Waals surface area contributed by atoms with Crippen molar-refractivity contribution in [3.63, 3.8) is 0 Å². The number of rotatable bonds is 5. The first-order valence-electron chi connectivity index (χ1n) is 7.15. The summed E-state index contributed by atoms with van der Waals surface area (Å²) in [5, 5.41) is 10.8. The van der Waals surface area contributed by atoms with Crippen molar-refractivity contribution in [2.75, 3.05) is 46.8 Å². The van der Waals surface area contributed by atoms with E-state index in [4.69, 9.17) is 11.6 Å². The summed E-state index contributed by atoms with van der Waals surface area (Å²) in [6.07, 6.45) is -0.675. The Morgan fingerprint density at radius 1 is 1.23 bits per heavy atom. The Morgan fingerprint density at radius 3 is 2.36 bits per heavy atom. The second-order valence-electron chi connectivity index (χ2n) is 5.53. The van der Waals surface area contributed by atoms with Crippen LogP contribution in [0.15, 0.2) is 24.3 Å². The van der Waals surface area contributed by atoms with E-state index in [9.17, 15) is 13.5 Å². The van der Waals surface area contributed by atoms with Gasteiger partial charge in [-0.15, -0.1) is 0 Å². The van der Waals surface area contributed by atoms with Crippen LogP contribution in [0.5, 0.6) is 0 Å². The normalized spacial score (nSPS) is 19.5. The van der Waals surface area contributed by atoms with Crippen molar-refractivity contribution in [1.29, 1.82) is 0 Å². The first kappa shape index (κ1) is 17.7. The summed E-state index contributed by atoms with van der Waals surface area (Å²) in [5.41, 5.74) is 0.701. The van der Waals surface area contributed by atoms with Crippen molar-refractivity contribution in [1.82, 2.24) is 13.5 Å². The highest BCUT2D eigenvalue weighted by molar-refractivity contribution is 7.86. The molecule has 1 saturated heterocycles. The molecule has 1 aromatic rings. The molecule has 0 bridgehead atoms. The maximum absolute atomic E-state index is 12.0. The molecular weight excluding hydrogens is 326 g/mol. The van der Waals surface area contributed by atoms with Crippen molar-refractivity contribution >= 4 is 21.8 Å². The Morgan fingerprint density at radius 2 is 1.82 bits per heavy atom. The van der Waals surface area contributed by atoms with Crippen LogP contribution < -0.4 is 0 Å². The maximum atomic E-state index is 12.0. The van der Waals surface area contributed by atoms with Gasteiger partial charge in [0, 0.05) is 57.4 Å². The van der Waals surface area contributed by atoms with Gasteiger partial charge in [-0.3, -0.25) is 4.90 Å². The summed E-state index contributed by atoms with van der Waals surface area (Å²) in [5.74, 6) is 0. The number of halogens is 1. The zero-order valence-corrected chi connectivity index (χ0v) is 14.4. The summed E-state index contributed by atoms with van der Waals surface area (Å²) < 4.78 is 26.8. The third kappa shape index (κ3) is 3.98. The summed E-state index contributed by atoms with van der Waals surface area (Å²) in [7, 11) is -0.293. The van der Waals surface area contributed by atoms with Gasteiger partial charge in [-0.25, -0.2) is 0 Å². The fourth-order valence-corrected chi connectivity index (χ4v) is 3.81. The van der Waals surface area contributed by atoms with E-state index in [0.29, 0.717) is 43.3 Å². The molecule has 0 amide bonds. The van der Waals surface area contributed by atoms with Gasteiger partial charge in [0.25, 0.3) is 10.2 Å². The van der Waals surface area contributed by atoms with Gasteiger partial charge >= 0.3 is 0 Å². The molecule has 1 fully saturated rings. The fraction of sp³-hybridized carbons (Fsp3) is 0.571. The third-order valence-electron chi connectivity index (χ3n) is 3.81. The van der Waals surface area contributed by atoms with Gasteiger partial charge in [-0.2, -0.15) is 17.0 Å². The molecule has 0 saturated carbocycles. The molecule has 6 nitrogen and oxygen atoms in total. The van der Waals surface area contributed by atoms with Gasteiger partial charge in [-0.05, 0) is 6.07 Å². The average molecular weight is 348 g/mol. The number of nitrogens with zero attached hydrogens (tertiary/aromatic N) is 3. The van der Waals surface area contributed by atoms with E-state index in [1.54, 1.807) is 12.1 Å². The topological polar surface area (TPSA) is 64.1 Å². The number of benzene rings is 1.